The molecule has 1 aromatic heterocycles. The molecule has 0 bridgehead atoms. The summed E-state index contributed by atoms with van der Waals surface area (Å²) in [4.78, 5) is 26.0. The molecule has 0 fully saturated rings. The molecule has 0 radical (unpaired) electrons. The zero-order valence-electron chi connectivity index (χ0n) is 15.3. The highest BCUT2D eigenvalue weighted by molar-refractivity contribution is 7.92. The standard InChI is InChI=1S/C19H13F4N3O4S/c20-12-5-7-13(8-6-12)31(29,30)26-15-4-2-1-3-14(15)17(27)25-16-9-11(19(21,22)23)10-24-18(16)28/h1-10,26H,(H,24,28)(H,25,27). The highest BCUT2D eigenvalue weighted by atomic mass is 32.2. The molecule has 3 N–H and O–H groups in total. The number of benzene rings is 2. The van der Waals surface area contributed by atoms with Crippen LogP contribution < -0.4 is 15.6 Å². The van der Waals surface area contributed by atoms with Gasteiger partial charge in [0.15, 0.2) is 0 Å². The average molecular weight is 455 g/mol. The molecule has 0 saturated heterocycles. The Kier molecular flexibility index (Phi) is 5.84. The van der Waals surface area contributed by atoms with Crippen LogP contribution in [-0.4, -0.2) is 19.3 Å². The van der Waals surface area contributed by atoms with E-state index in [0.29, 0.717) is 12.3 Å². The van der Waals surface area contributed by atoms with Gasteiger partial charge in [0, 0.05) is 6.20 Å². The van der Waals surface area contributed by atoms with Crippen molar-refractivity contribution in [1.82, 2.24) is 4.98 Å². The molecule has 7 nitrogen and oxygen atoms in total. The second-order valence-corrected chi connectivity index (χ2v) is 7.87. The summed E-state index contributed by atoms with van der Waals surface area (Å²) in [5.74, 6) is -1.67. The van der Waals surface area contributed by atoms with Crippen LogP contribution in [0.5, 0.6) is 0 Å². The summed E-state index contributed by atoms with van der Waals surface area (Å²) in [6.45, 7) is 0. The van der Waals surface area contributed by atoms with E-state index >= 15 is 0 Å². The molecule has 31 heavy (non-hydrogen) atoms. The molecule has 0 spiro atoms. The van der Waals surface area contributed by atoms with E-state index in [-0.39, 0.29) is 16.1 Å². The third kappa shape index (κ3) is 5.09. The molecular weight excluding hydrogens is 442 g/mol. The highest BCUT2D eigenvalue weighted by Crippen LogP contribution is 2.29. The number of carbonyl (C=O) groups is 1. The molecule has 0 aliphatic heterocycles. The summed E-state index contributed by atoms with van der Waals surface area (Å²) in [6.07, 6.45) is -4.30. The maximum absolute atomic E-state index is 13.0. The van der Waals surface area contributed by atoms with Gasteiger partial charge < -0.3 is 10.3 Å². The second kappa shape index (κ2) is 8.22. The van der Waals surface area contributed by atoms with Crippen LogP contribution in [0.3, 0.4) is 0 Å². The molecule has 1 amide bonds. The number of aromatic nitrogens is 1. The first-order valence-electron chi connectivity index (χ1n) is 8.46. The number of pyridine rings is 1. The van der Waals surface area contributed by atoms with Crippen molar-refractivity contribution in [2.75, 3.05) is 10.0 Å². The Labute approximate surface area is 172 Å². The van der Waals surface area contributed by atoms with E-state index in [0.717, 1.165) is 24.3 Å². The van der Waals surface area contributed by atoms with Crippen LogP contribution in [0, 0.1) is 5.82 Å². The van der Waals surface area contributed by atoms with Gasteiger partial charge in [-0.05, 0) is 42.5 Å². The summed E-state index contributed by atoms with van der Waals surface area (Å²) in [5, 5.41) is 2.05. The summed E-state index contributed by atoms with van der Waals surface area (Å²) in [5.41, 5.74) is -3.30. The summed E-state index contributed by atoms with van der Waals surface area (Å²) in [7, 11) is -4.21. The third-order valence-corrected chi connectivity index (χ3v) is 5.40. The van der Waals surface area contributed by atoms with Crippen LogP contribution in [-0.2, 0) is 16.2 Å². The lowest BCUT2D eigenvalue weighted by molar-refractivity contribution is -0.137. The lowest BCUT2D eigenvalue weighted by Gasteiger charge is -2.13. The van der Waals surface area contributed by atoms with Crippen LogP contribution in [0.15, 0.2) is 70.5 Å². The number of anilines is 2. The Hall–Kier alpha value is -3.67. The number of para-hydroxylation sites is 1. The number of carbonyl (C=O) groups excluding carboxylic acids is 1. The lowest BCUT2D eigenvalue weighted by Crippen LogP contribution is -2.23. The maximum atomic E-state index is 13.0. The first kappa shape index (κ1) is 22.0. The monoisotopic (exact) mass is 455 g/mol. The Morgan fingerprint density at radius 2 is 1.61 bits per heavy atom. The number of hydrogen-bond acceptors (Lipinski definition) is 4. The number of amides is 1. The molecule has 12 heteroatoms. The largest absolute Gasteiger partial charge is 0.417 e. The number of nitrogens with one attached hydrogen (secondary N) is 3. The average Bonchev–Trinajstić information content (AvgIpc) is 2.69. The van der Waals surface area contributed by atoms with Crippen molar-refractivity contribution in [2.24, 2.45) is 0 Å². The fraction of sp³-hybridized carbons (Fsp3) is 0.0526. The predicted octanol–water partition coefficient (Wildman–Crippen LogP) is 3.59. The van der Waals surface area contributed by atoms with E-state index in [4.69, 9.17) is 0 Å². The first-order valence-corrected chi connectivity index (χ1v) is 9.94. The maximum Gasteiger partial charge on any atom is 0.417 e. The van der Waals surface area contributed by atoms with Crippen molar-refractivity contribution in [3.05, 3.63) is 88.1 Å². The molecular formula is C19H13F4N3O4S. The van der Waals surface area contributed by atoms with Crippen molar-refractivity contribution < 1.29 is 30.8 Å². The van der Waals surface area contributed by atoms with Crippen molar-refractivity contribution in [3.63, 3.8) is 0 Å². The van der Waals surface area contributed by atoms with E-state index < -0.39 is 44.7 Å². The van der Waals surface area contributed by atoms with Gasteiger partial charge in [-0.15, -0.1) is 0 Å². The normalized spacial score (nSPS) is 11.7. The van der Waals surface area contributed by atoms with E-state index in [9.17, 15) is 35.6 Å². The van der Waals surface area contributed by atoms with Crippen molar-refractivity contribution >= 4 is 27.3 Å². The zero-order chi connectivity index (χ0) is 22.8. The second-order valence-electron chi connectivity index (χ2n) is 6.19. The number of H-pyrrole nitrogens is 1. The third-order valence-electron chi connectivity index (χ3n) is 4.02. The van der Waals surface area contributed by atoms with Crippen molar-refractivity contribution in [1.29, 1.82) is 0 Å². The number of alkyl halides is 3. The van der Waals surface area contributed by atoms with Gasteiger partial charge in [0.2, 0.25) is 0 Å². The molecule has 2 aromatic carbocycles. The molecule has 0 atom stereocenters. The molecule has 3 rings (SSSR count). The van der Waals surface area contributed by atoms with E-state index in [2.05, 4.69) is 4.72 Å². The minimum atomic E-state index is -4.76. The minimum Gasteiger partial charge on any atom is -0.327 e. The van der Waals surface area contributed by atoms with Crippen LogP contribution >= 0.6 is 0 Å². The molecule has 162 valence electrons. The number of rotatable bonds is 5. The van der Waals surface area contributed by atoms with Gasteiger partial charge in [-0.2, -0.15) is 13.2 Å². The highest BCUT2D eigenvalue weighted by Gasteiger charge is 2.31. The number of hydrogen-bond donors (Lipinski definition) is 3. The van der Waals surface area contributed by atoms with Gasteiger partial charge in [0.25, 0.3) is 21.5 Å². The fourth-order valence-corrected chi connectivity index (χ4v) is 3.60. The predicted molar refractivity (Wildman–Crippen MR) is 104 cm³/mol. The first-order chi connectivity index (χ1) is 14.5. The van der Waals surface area contributed by atoms with E-state index in [1.54, 1.807) is 0 Å². The smallest absolute Gasteiger partial charge is 0.327 e. The van der Waals surface area contributed by atoms with Crippen LogP contribution in [0.2, 0.25) is 0 Å². The van der Waals surface area contributed by atoms with Gasteiger partial charge >= 0.3 is 6.18 Å². The van der Waals surface area contributed by atoms with Crippen LogP contribution in [0.4, 0.5) is 28.9 Å². The summed E-state index contributed by atoms with van der Waals surface area (Å²) >= 11 is 0. The number of sulfonamides is 1. The fourth-order valence-electron chi connectivity index (χ4n) is 2.52. The number of aromatic amines is 1. The van der Waals surface area contributed by atoms with Crippen molar-refractivity contribution in [2.45, 2.75) is 11.1 Å². The molecule has 0 aliphatic carbocycles. The molecule has 1 heterocycles. The molecule has 0 unspecified atom stereocenters. The molecule has 3 aromatic rings. The quantitative estimate of drug-likeness (QED) is 0.511. The minimum absolute atomic E-state index is 0.201. The van der Waals surface area contributed by atoms with Crippen molar-refractivity contribution in [3.8, 4) is 0 Å². The Morgan fingerprint density at radius 3 is 2.26 bits per heavy atom. The van der Waals surface area contributed by atoms with Gasteiger partial charge in [-0.25, -0.2) is 12.8 Å². The van der Waals surface area contributed by atoms with Gasteiger partial charge in [0.05, 0.1) is 21.7 Å². The van der Waals surface area contributed by atoms with Crippen LogP contribution in [0.25, 0.3) is 0 Å². The molecule has 0 saturated carbocycles. The van der Waals surface area contributed by atoms with E-state index in [1.165, 1.54) is 24.3 Å². The van der Waals surface area contributed by atoms with Gasteiger partial charge in [0.1, 0.15) is 11.5 Å². The topological polar surface area (TPSA) is 108 Å². The Bertz CT molecular complexity index is 1290. The Morgan fingerprint density at radius 1 is 0.968 bits per heavy atom. The lowest BCUT2D eigenvalue weighted by atomic mass is 10.1. The molecule has 0 aliphatic rings. The number of halogens is 4. The van der Waals surface area contributed by atoms with E-state index in [1.807, 2.05) is 10.3 Å². The summed E-state index contributed by atoms with van der Waals surface area (Å²) < 4.78 is 78.8. The SMILES string of the molecule is O=C(Nc1cc(C(F)(F)F)c[nH]c1=O)c1ccccc1NS(=O)(=O)c1ccc(F)cc1. The zero-order valence-corrected chi connectivity index (χ0v) is 16.1. The van der Waals surface area contributed by atoms with Gasteiger partial charge in [-0.3, -0.25) is 14.3 Å². The van der Waals surface area contributed by atoms with Gasteiger partial charge in [-0.1, -0.05) is 12.1 Å². The Balaban J connectivity index is 1.91. The summed E-state index contributed by atoms with van der Waals surface area (Å²) in [6, 6.07) is 9.62. The van der Waals surface area contributed by atoms with Crippen LogP contribution in [0.1, 0.15) is 15.9 Å².